The maximum absolute atomic E-state index is 11.6. The van der Waals surface area contributed by atoms with Crippen molar-refractivity contribution in [3.05, 3.63) is 60.7 Å². The third-order valence-electron chi connectivity index (χ3n) is 3.72. The lowest BCUT2D eigenvalue weighted by Gasteiger charge is -2.10. The summed E-state index contributed by atoms with van der Waals surface area (Å²) < 4.78 is 2.22. The second-order valence-corrected chi connectivity index (χ2v) is 5.03. The molecule has 106 valence electrons. The standard InChI is InChI=1S/C18H18N2O/c1-19-18(21)11-12-20-16-10-6-5-9-15(16)13-17(20)14-7-3-2-4-8-14/h2-10,13H,11-12H2,1H3,(H,19,21). The van der Waals surface area contributed by atoms with Gasteiger partial charge in [-0.3, -0.25) is 4.79 Å². The molecule has 3 nitrogen and oxygen atoms in total. The number of aromatic nitrogens is 1. The number of hydrogen-bond donors (Lipinski definition) is 1. The Kier molecular flexibility index (Phi) is 3.73. The third kappa shape index (κ3) is 2.68. The van der Waals surface area contributed by atoms with Gasteiger partial charge in [0, 0.05) is 36.6 Å². The lowest BCUT2D eigenvalue weighted by molar-refractivity contribution is -0.120. The van der Waals surface area contributed by atoms with E-state index < -0.39 is 0 Å². The van der Waals surface area contributed by atoms with Gasteiger partial charge in [0.15, 0.2) is 0 Å². The van der Waals surface area contributed by atoms with E-state index in [0.29, 0.717) is 13.0 Å². The zero-order chi connectivity index (χ0) is 14.7. The quantitative estimate of drug-likeness (QED) is 0.779. The Morgan fingerprint density at radius 3 is 2.52 bits per heavy atom. The maximum Gasteiger partial charge on any atom is 0.221 e. The van der Waals surface area contributed by atoms with Crippen molar-refractivity contribution in [1.29, 1.82) is 0 Å². The van der Waals surface area contributed by atoms with E-state index in [9.17, 15) is 4.79 Å². The van der Waals surface area contributed by atoms with Gasteiger partial charge >= 0.3 is 0 Å². The second-order valence-electron chi connectivity index (χ2n) is 5.03. The first kappa shape index (κ1) is 13.4. The number of para-hydroxylation sites is 1. The molecule has 3 aromatic rings. The molecular weight excluding hydrogens is 260 g/mol. The molecule has 0 saturated carbocycles. The monoisotopic (exact) mass is 278 g/mol. The van der Waals surface area contributed by atoms with Gasteiger partial charge < -0.3 is 9.88 Å². The van der Waals surface area contributed by atoms with Gasteiger partial charge in [0.25, 0.3) is 0 Å². The number of carbonyl (C=O) groups excluding carboxylic acids is 1. The summed E-state index contributed by atoms with van der Waals surface area (Å²) in [4.78, 5) is 11.6. The minimum absolute atomic E-state index is 0.0618. The van der Waals surface area contributed by atoms with Gasteiger partial charge in [-0.2, -0.15) is 0 Å². The van der Waals surface area contributed by atoms with Crippen LogP contribution in [0.1, 0.15) is 6.42 Å². The van der Waals surface area contributed by atoms with E-state index in [4.69, 9.17) is 0 Å². The number of benzene rings is 2. The molecule has 21 heavy (non-hydrogen) atoms. The van der Waals surface area contributed by atoms with Gasteiger partial charge in [-0.05, 0) is 17.7 Å². The van der Waals surface area contributed by atoms with Crippen molar-refractivity contribution >= 4 is 16.8 Å². The first-order valence-electron chi connectivity index (χ1n) is 7.14. The molecule has 0 unspecified atom stereocenters. The molecule has 3 heteroatoms. The molecular formula is C18H18N2O. The fourth-order valence-corrected chi connectivity index (χ4v) is 2.64. The van der Waals surface area contributed by atoms with Crippen molar-refractivity contribution in [2.75, 3.05) is 7.05 Å². The first-order chi connectivity index (χ1) is 10.3. The van der Waals surface area contributed by atoms with Gasteiger partial charge in [-0.15, -0.1) is 0 Å². The molecule has 1 amide bonds. The zero-order valence-corrected chi connectivity index (χ0v) is 12.0. The molecule has 1 aromatic heterocycles. The lowest BCUT2D eigenvalue weighted by atomic mass is 10.1. The van der Waals surface area contributed by atoms with E-state index in [1.165, 1.54) is 16.5 Å². The van der Waals surface area contributed by atoms with Crippen molar-refractivity contribution in [3.8, 4) is 11.3 Å². The van der Waals surface area contributed by atoms with E-state index in [-0.39, 0.29) is 5.91 Å². The second kappa shape index (κ2) is 5.83. The van der Waals surface area contributed by atoms with Crippen LogP contribution in [0, 0.1) is 0 Å². The van der Waals surface area contributed by atoms with E-state index in [0.717, 1.165) is 5.69 Å². The van der Waals surface area contributed by atoms with Gasteiger partial charge in [-0.25, -0.2) is 0 Å². The Balaban J connectivity index is 2.08. The van der Waals surface area contributed by atoms with Crippen LogP contribution in [0.5, 0.6) is 0 Å². The Hall–Kier alpha value is -2.55. The Morgan fingerprint density at radius 2 is 1.76 bits per heavy atom. The van der Waals surface area contributed by atoms with Crippen LogP contribution in [0.2, 0.25) is 0 Å². The summed E-state index contributed by atoms with van der Waals surface area (Å²) in [5.74, 6) is 0.0618. The molecule has 0 fully saturated rings. The maximum atomic E-state index is 11.6. The van der Waals surface area contributed by atoms with E-state index in [2.05, 4.69) is 40.2 Å². The van der Waals surface area contributed by atoms with Gasteiger partial charge in [0.05, 0.1) is 0 Å². The number of rotatable bonds is 4. The normalized spacial score (nSPS) is 10.7. The van der Waals surface area contributed by atoms with Crippen molar-refractivity contribution in [2.45, 2.75) is 13.0 Å². The average molecular weight is 278 g/mol. The van der Waals surface area contributed by atoms with Gasteiger partial charge in [0.2, 0.25) is 5.91 Å². The molecule has 1 N–H and O–H groups in total. The molecule has 0 aliphatic rings. The van der Waals surface area contributed by atoms with Crippen LogP contribution in [0.15, 0.2) is 60.7 Å². The minimum atomic E-state index is 0.0618. The van der Waals surface area contributed by atoms with Crippen molar-refractivity contribution in [3.63, 3.8) is 0 Å². The molecule has 0 bridgehead atoms. The molecule has 2 aromatic carbocycles. The summed E-state index contributed by atoms with van der Waals surface area (Å²) >= 11 is 0. The van der Waals surface area contributed by atoms with Crippen LogP contribution in [-0.4, -0.2) is 17.5 Å². The number of nitrogens with one attached hydrogen (secondary N) is 1. The number of hydrogen-bond acceptors (Lipinski definition) is 1. The molecule has 0 aliphatic carbocycles. The van der Waals surface area contributed by atoms with Crippen molar-refractivity contribution in [2.24, 2.45) is 0 Å². The summed E-state index contributed by atoms with van der Waals surface area (Å²) in [6, 6.07) is 20.8. The fourth-order valence-electron chi connectivity index (χ4n) is 2.64. The SMILES string of the molecule is CNC(=O)CCn1c(-c2ccccc2)cc2ccccc21. The van der Waals surface area contributed by atoms with Crippen LogP contribution in [-0.2, 0) is 11.3 Å². The number of fused-ring (bicyclic) bond motifs is 1. The largest absolute Gasteiger partial charge is 0.359 e. The summed E-state index contributed by atoms with van der Waals surface area (Å²) in [6.45, 7) is 0.678. The molecule has 0 aliphatic heterocycles. The Morgan fingerprint density at radius 1 is 1.05 bits per heavy atom. The highest BCUT2D eigenvalue weighted by atomic mass is 16.1. The van der Waals surface area contributed by atoms with Crippen LogP contribution in [0.4, 0.5) is 0 Å². The van der Waals surface area contributed by atoms with E-state index in [1.54, 1.807) is 7.05 Å². The topological polar surface area (TPSA) is 34.0 Å². The highest BCUT2D eigenvalue weighted by molar-refractivity contribution is 5.87. The van der Waals surface area contributed by atoms with Crippen LogP contribution >= 0.6 is 0 Å². The predicted molar refractivity (Wildman–Crippen MR) is 86.1 cm³/mol. The molecule has 0 atom stereocenters. The summed E-state index contributed by atoms with van der Waals surface area (Å²) in [5, 5.41) is 3.88. The number of aryl methyl sites for hydroxylation is 1. The van der Waals surface area contributed by atoms with Crippen LogP contribution < -0.4 is 5.32 Å². The van der Waals surface area contributed by atoms with Gasteiger partial charge in [0.1, 0.15) is 0 Å². The lowest BCUT2D eigenvalue weighted by Crippen LogP contribution is -2.19. The van der Waals surface area contributed by atoms with Crippen molar-refractivity contribution in [1.82, 2.24) is 9.88 Å². The van der Waals surface area contributed by atoms with Gasteiger partial charge in [-0.1, -0.05) is 48.5 Å². The molecule has 0 saturated heterocycles. The zero-order valence-electron chi connectivity index (χ0n) is 12.0. The third-order valence-corrected chi connectivity index (χ3v) is 3.72. The number of amides is 1. The summed E-state index contributed by atoms with van der Waals surface area (Å²) in [7, 11) is 1.67. The van der Waals surface area contributed by atoms with Crippen molar-refractivity contribution < 1.29 is 4.79 Å². The Labute approximate surface area is 124 Å². The Bertz CT molecular complexity index is 759. The smallest absolute Gasteiger partial charge is 0.221 e. The summed E-state index contributed by atoms with van der Waals surface area (Å²) in [6.07, 6.45) is 0.481. The highest BCUT2D eigenvalue weighted by Gasteiger charge is 2.11. The number of nitrogens with zero attached hydrogens (tertiary/aromatic N) is 1. The molecule has 0 spiro atoms. The molecule has 1 heterocycles. The van der Waals surface area contributed by atoms with Crippen LogP contribution in [0.3, 0.4) is 0 Å². The molecule has 3 rings (SSSR count). The predicted octanol–water partition coefficient (Wildman–Crippen LogP) is 3.44. The number of carbonyl (C=O) groups is 1. The summed E-state index contributed by atoms with van der Waals surface area (Å²) in [5.41, 5.74) is 3.49. The first-order valence-corrected chi connectivity index (χ1v) is 7.14. The van der Waals surface area contributed by atoms with Crippen LogP contribution in [0.25, 0.3) is 22.2 Å². The minimum Gasteiger partial charge on any atom is -0.359 e. The highest BCUT2D eigenvalue weighted by Crippen LogP contribution is 2.28. The van der Waals surface area contributed by atoms with E-state index in [1.807, 2.05) is 30.3 Å². The molecule has 0 radical (unpaired) electrons. The van der Waals surface area contributed by atoms with E-state index >= 15 is 0 Å². The average Bonchev–Trinajstić information content (AvgIpc) is 2.92. The fraction of sp³-hybridized carbons (Fsp3) is 0.167.